The van der Waals surface area contributed by atoms with E-state index in [2.05, 4.69) is 5.10 Å². The number of halogens is 6. The Balaban J connectivity index is 2.69. The fourth-order valence-electron chi connectivity index (χ4n) is 1.96. The quantitative estimate of drug-likeness (QED) is 0.534. The molecule has 3 nitrogen and oxygen atoms in total. The SMILES string of the molecule is CCn1ncc(Cl)c1C(N)c1c(F)c(F)c(F)c(F)c1F. The standard InChI is InChI=1S/C12H9ClF5N3/c1-2-21-12(4(13)3-20-21)11(19)5-6(14)8(16)10(18)9(17)7(5)15/h3,11H,2,19H2,1H3. The van der Waals surface area contributed by atoms with Gasteiger partial charge in [0.15, 0.2) is 23.3 Å². The number of hydrogen-bond acceptors (Lipinski definition) is 2. The van der Waals surface area contributed by atoms with E-state index in [0.29, 0.717) is 0 Å². The van der Waals surface area contributed by atoms with Gasteiger partial charge in [-0.1, -0.05) is 11.6 Å². The van der Waals surface area contributed by atoms with Crippen molar-refractivity contribution in [2.75, 3.05) is 0 Å². The van der Waals surface area contributed by atoms with E-state index < -0.39 is 40.7 Å². The third kappa shape index (κ3) is 2.38. The molecule has 0 spiro atoms. The Morgan fingerprint density at radius 3 is 2.05 bits per heavy atom. The second-order valence-electron chi connectivity index (χ2n) is 4.15. The van der Waals surface area contributed by atoms with Crippen molar-refractivity contribution in [2.24, 2.45) is 5.73 Å². The van der Waals surface area contributed by atoms with Crippen LogP contribution in [0.5, 0.6) is 0 Å². The molecule has 21 heavy (non-hydrogen) atoms. The lowest BCUT2D eigenvalue weighted by molar-refractivity contribution is 0.366. The first kappa shape index (κ1) is 15.7. The van der Waals surface area contributed by atoms with Crippen LogP contribution in [0.2, 0.25) is 5.02 Å². The van der Waals surface area contributed by atoms with Crippen molar-refractivity contribution in [3.05, 3.63) is 51.6 Å². The van der Waals surface area contributed by atoms with Crippen molar-refractivity contribution >= 4 is 11.6 Å². The molecule has 1 atom stereocenters. The van der Waals surface area contributed by atoms with Crippen molar-refractivity contribution in [2.45, 2.75) is 19.5 Å². The summed E-state index contributed by atoms with van der Waals surface area (Å²) in [7, 11) is 0. The third-order valence-corrected chi connectivity index (χ3v) is 3.27. The highest BCUT2D eigenvalue weighted by Gasteiger charge is 2.31. The van der Waals surface area contributed by atoms with Gasteiger partial charge in [-0.15, -0.1) is 0 Å². The first-order valence-corrected chi connectivity index (χ1v) is 6.17. The molecule has 0 aliphatic carbocycles. The van der Waals surface area contributed by atoms with E-state index in [1.54, 1.807) is 6.92 Å². The minimum absolute atomic E-state index is 0.0340. The summed E-state index contributed by atoms with van der Waals surface area (Å²) in [6, 6.07) is -1.65. The van der Waals surface area contributed by atoms with Gasteiger partial charge in [-0.05, 0) is 6.92 Å². The van der Waals surface area contributed by atoms with E-state index >= 15 is 0 Å². The summed E-state index contributed by atoms with van der Waals surface area (Å²) >= 11 is 5.81. The largest absolute Gasteiger partial charge is 0.319 e. The summed E-state index contributed by atoms with van der Waals surface area (Å²) in [6.45, 7) is 1.91. The fraction of sp³-hybridized carbons (Fsp3) is 0.250. The maximum atomic E-state index is 13.7. The van der Waals surface area contributed by atoms with Gasteiger partial charge in [0, 0.05) is 6.54 Å². The zero-order chi connectivity index (χ0) is 15.9. The predicted molar refractivity (Wildman–Crippen MR) is 65.2 cm³/mol. The van der Waals surface area contributed by atoms with Crippen LogP contribution in [0.15, 0.2) is 6.20 Å². The summed E-state index contributed by atoms with van der Waals surface area (Å²) in [5.74, 6) is -10.3. The molecule has 1 unspecified atom stereocenters. The molecule has 0 amide bonds. The van der Waals surface area contributed by atoms with Gasteiger partial charge in [0.05, 0.1) is 28.5 Å². The highest BCUT2D eigenvalue weighted by molar-refractivity contribution is 6.31. The molecule has 2 aromatic rings. The van der Waals surface area contributed by atoms with Gasteiger partial charge in [0.2, 0.25) is 5.82 Å². The van der Waals surface area contributed by atoms with Crippen LogP contribution < -0.4 is 5.73 Å². The molecule has 0 saturated carbocycles. The van der Waals surface area contributed by atoms with E-state index in [9.17, 15) is 22.0 Å². The number of nitrogens with two attached hydrogens (primary N) is 1. The van der Waals surface area contributed by atoms with Crippen molar-refractivity contribution in [1.82, 2.24) is 9.78 Å². The van der Waals surface area contributed by atoms with Gasteiger partial charge in [-0.3, -0.25) is 4.68 Å². The van der Waals surface area contributed by atoms with Crippen LogP contribution in [0.1, 0.15) is 24.2 Å². The molecule has 0 aliphatic heterocycles. The Labute approximate surface area is 121 Å². The Morgan fingerprint density at radius 2 is 1.57 bits per heavy atom. The zero-order valence-corrected chi connectivity index (χ0v) is 11.4. The number of rotatable bonds is 3. The topological polar surface area (TPSA) is 43.8 Å². The maximum absolute atomic E-state index is 13.7. The van der Waals surface area contributed by atoms with E-state index in [-0.39, 0.29) is 17.3 Å². The molecule has 9 heteroatoms. The molecule has 1 heterocycles. The van der Waals surface area contributed by atoms with Gasteiger partial charge in [0.25, 0.3) is 0 Å². The third-order valence-electron chi connectivity index (χ3n) is 2.98. The molecule has 0 radical (unpaired) electrons. The molecule has 2 N–H and O–H groups in total. The first-order chi connectivity index (χ1) is 9.81. The number of hydrogen-bond donors (Lipinski definition) is 1. The lowest BCUT2D eigenvalue weighted by Gasteiger charge is -2.17. The summed E-state index contributed by atoms with van der Waals surface area (Å²) in [6.07, 6.45) is 1.17. The lowest BCUT2D eigenvalue weighted by atomic mass is 10.0. The summed E-state index contributed by atoms with van der Waals surface area (Å²) < 4.78 is 68.1. The van der Waals surface area contributed by atoms with Crippen LogP contribution in [-0.4, -0.2) is 9.78 Å². The Bertz CT molecular complexity index is 672. The molecule has 0 saturated heterocycles. The predicted octanol–water partition coefficient (Wildman–Crippen LogP) is 3.30. The van der Waals surface area contributed by atoms with Crippen LogP contribution in [0.3, 0.4) is 0 Å². The number of benzene rings is 1. The van der Waals surface area contributed by atoms with Gasteiger partial charge in [-0.25, -0.2) is 22.0 Å². The molecule has 1 aromatic heterocycles. The monoisotopic (exact) mass is 325 g/mol. The average molecular weight is 326 g/mol. The minimum atomic E-state index is -2.24. The zero-order valence-electron chi connectivity index (χ0n) is 10.6. The van der Waals surface area contributed by atoms with Crippen molar-refractivity contribution in [3.8, 4) is 0 Å². The van der Waals surface area contributed by atoms with Crippen molar-refractivity contribution in [1.29, 1.82) is 0 Å². The van der Waals surface area contributed by atoms with Gasteiger partial charge >= 0.3 is 0 Å². The normalized spacial score (nSPS) is 12.8. The second-order valence-corrected chi connectivity index (χ2v) is 4.56. The maximum Gasteiger partial charge on any atom is 0.200 e. The van der Waals surface area contributed by atoms with Crippen molar-refractivity contribution < 1.29 is 22.0 Å². The molecular formula is C12H9ClF5N3. The van der Waals surface area contributed by atoms with E-state index in [0.717, 1.165) is 0 Å². The molecule has 114 valence electrons. The van der Waals surface area contributed by atoms with Crippen LogP contribution in [-0.2, 0) is 6.54 Å². The van der Waals surface area contributed by atoms with Crippen molar-refractivity contribution in [3.63, 3.8) is 0 Å². The van der Waals surface area contributed by atoms with E-state index in [4.69, 9.17) is 17.3 Å². The van der Waals surface area contributed by atoms with Gasteiger partial charge in [-0.2, -0.15) is 5.10 Å². The highest BCUT2D eigenvalue weighted by Crippen LogP contribution is 2.32. The Morgan fingerprint density at radius 1 is 1.10 bits per heavy atom. The highest BCUT2D eigenvalue weighted by atomic mass is 35.5. The lowest BCUT2D eigenvalue weighted by Crippen LogP contribution is -2.22. The Kier molecular flexibility index (Phi) is 4.20. The number of nitrogens with zero attached hydrogens (tertiary/aromatic N) is 2. The number of aromatic nitrogens is 2. The van der Waals surface area contributed by atoms with Crippen LogP contribution >= 0.6 is 11.6 Å². The Hall–Kier alpha value is -1.67. The summed E-state index contributed by atoms with van der Waals surface area (Å²) in [5.41, 5.74) is 4.46. The average Bonchev–Trinajstić information content (AvgIpc) is 2.84. The van der Waals surface area contributed by atoms with Crippen LogP contribution in [0.25, 0.3) is 0 Å². The first-order valence-electron chi connectivity index (χ1n) is 5.79. The van der Waals surface area contributed by atoms with Gasteiger partial charge in [0.1, 0.15) is 0 Å². The van der Waals surface area contributed by atoms with Crippen LogP contribution in [0.4, 0.5) is 22.0 Å². The van der Waals surface area contributed by atoms with Gasteiger partial charge < -0.3 is 5.73 Å². The number of aryl methyl sites for hydroxylation is 1. The molecule has 0 fully saturated rings. The summed E-state index contributed by atoms with van der Waals surface area (Å²) in [4.78, 5) is 0. The second kappa shape index (κ2) is 5.61. The molecule has 0 bridgehead atoms. The summed E-state index contributed by atoms with van der Waals surface area (Å²) in [5, 5.41) is 3.77. The minimum Gasteiger partial charge on any atom is -0.319 e. The van der Waals surface area contributed by atoms with E-state index in [1.807, 2.05) is 0 Å². The fourth-order valence-corrected chi connectivity index (χ4v) is 2.22. The van der Waals surface area contributed by atoms with Crippen LogP contribution in [0, 0.1) is 29.1 Å². The van der Waals surface area contributed by atoms with E-state index in [1.165, 1.54) is 10.9 Å². The molecule has 0 aliphatic rings. The molecular weight excluding hydrogens is 317 g/mol. The molecule has 1 aromatic carbocycles. The molecule has 2 rings (SSSR count). The smallest absolute Gasteiger partial charge is 0.200 e.